The van der Waals surface area contributed by atoms with Gasteiger partial charge in [0.25, 0.3) is 11.6 Å². The Morgan fingerprint density at radius 1 is 1.58 bits per heavy atom. The number of rotatable bonds is 6. The molecule has 1 rings (SSSR count). The zero-order chi connectivity index (χ0) is 14.4. The van der Waals surface area contributed by atoms with Crippen molar-refractivity contribution in [3.63, 3.8) is 0 Å². The Bertz CT molecular complexity index is 479. The van der Waals surface area contributed by atoms with E-state index in [9.17, 15) is 20.0 Å². The molecule has 104 valence electrons. The van der Waals surface area contributed by atoms with Crippen LogP contribution in [0, 0.1) is 10.1 Å². The summed E-state index contributed by atoms with van der Waals surface area (Å²) in [5.41, 5.74) is -0.423. The molecule has 0 saturated carbocycles. The topological polar surface area (TPSA) is 92.5 Å². The SMILES string of the molecule is CCCC(O)CNC(=O)c1ccc(Cl)cc1[N+](=O)[O-]. The summed E-state index contributed by atoms with van der Waals surface area (Å²) in [5, 5.41) is 23.0. The van der Waals surface area contributed by atoms with Gasteiger partial charge in [-0.15, -0.1) is 0 Å². The fourth-order valence-electron chi connectivity index (χ4n) is 1.59. The Kier molecular flexibility index (Phi) is 5.72. The minimum absolute atomic E-state index is 0.0620. The number of carbonyl (C=O) groups excluding carboxylic acids is 1. The van der Waals surface area contributed by atoms with Gasteiger partial charge in [0.05, 0.1) is 11.0 Å². The molecule has 0 aliphatic rings. The standard InChI is InChI=1S/C12H15ClN2O4/c1-2-3-9(16)7-14-12(17)10-5-4-8(13)6-11(10)15(18)19/h4-6,9,16H,2-3,7H2,1H3,(H,14,17). The third kappa shape index (κ3) is 4.50. The molecular weight excluding hydrogens is 272 g/mol. The highest BCUT2D eigenvalue weighted by Crippen LogP contribution is 2.23. The summed E-state index contributed by atoms with van der Waals surface area (Å²) in [5.74, 6) is -0.599. The minimum Gasteiger partial charge on any atom is -0.391 e. The molecule has 0 aliphatic carbocycles. The summed E-state index contributed by atoms with van der Waals surface area (Å²) in [6, 6.07) is 3.83. The van der Waals surface area contributed by atoms with E-state index in [1.54, 1.807) is 0 Å². The number of nitrogens with zero attached hydrogens (tertiary/aromatic N) is 1. The molecule has 1 aromatic rings. The van der Waals surface area contributed by atoms with Crippen molar-refractivity contribution in [3.05, 3.63) is 38.9 Å². The number of nitrogens with one attached hydrogen (secondary N) is 1. The molecule has 0 fully saturated rings. The minimum atomic E-state index is -0.663. The zero-order valence-corrected chi connectivity index (χ0v) is 11.2. The van der Waals surface area contributed by atoms with Crippen LogP contribution in [0.4, 0.5) is 5.69 Å². The first kappa shape index (κ1) is 15.4. The van der Waals surface area contributed by atoms with Crippen LogP contribution in [0.2, 0.25) is 5.02 Å². The maximum atomic E-state index is 11.8. The summed E-state index contributed by atoms with van der Waals surface area (Å²) in [4.78, 5) is 22.0. The van der Waals surface area contributed by atoms with Crippen LogP contribution in [0.1, 0.15) is 30.1 Å². The van der Waals surface area contributed by atoms with Gasteiger partial charge in [0.2, 0.25) is 0 Å². The molecule has 2 N–H and O–H groups in total. The Hall–Kier alpha value is -1.66. The highest BCUT2D eigenvalue weighted by molar-refractivity contribution is 6.31. The fraction of sp³-hybridized carbons (Fsp3) is 0.417. The molecule has 0 bridgehead atoms. The Morgan fingerprint density at radius 3 is 2.84 bits per heavy atom. The number of hydrogen-bond acceptors (Lipinski definition) is 4. The van der Waals surface area contributed by atoms with E-state index in [0.29, 0.717) is 6.42 Å². The van der Waals surface area contributed by atoms with Crippen LogP contribution in [0.5, 0.6) is 0 Å². The molecule has 7 heteroatoms. The van der Waals surface area contributed by atoms with Crippen molar-refractivity contribution in [2.45, 2.75) is 25.9 Å². The van der Waals surface area contributed by atoms with Crippen LogP contribution in [0.3, 0.4) is 0 Å². The smallest absolute Gasteiger partial charge is 0.283 e. The molecule has 19 heavy (non-hydrogen) atoms. The molecule has 1 aromatic carbocycles. The second kappa shape index (κ2) is 7.06. The zero-order valence-electron chi connectivity index (χ0n) is 10.4. The summed E-state index contributed by atoms with van der Waals surface area (Å²) in [6.07, 6.45) is 0.696. The summed E-state index contributed by atoms with van der Waals surface area (Å²) in [6.45, 7) is 1.97. The van der Waals surface area contributed by atoms with Crippen LogP contribution < -0.4 is 5.32 Å². The first-order valence-electron chi connectivity index (χ1n) is 5.86. The number of carbonyl (C=O) groups is 1. The molecule has 1 amide bonds. The third-order valence-corrected chi connectivity index (χ3v) is 2.76. The van der Waals surface area contributed by atoms with Crippen molar-refractivity contribution in [2.75, 3.05) is 6.54 Å². The maximum absolute atomic E-state index is 11.8. The van der Waals surface area contributed by atoms with Gasteiger partial charge in [-0.2, -0.15) is 0 Å². The van der Waals surface area contributed by atoms with Crippen LogP contribution >= 0.6 is 11.6 Å². The third-order valence-electron chi connectivity index (χ3n) is 2.52. The van der Waals surface area contributed by atoms with Crippen molar-refractivity contribution in [1.82, 2.24) is 5.32 Å². The molecule has 1 atom stereocenters. The number of nitro groups is 1. The van der Waals surface area contributed by atoms with Gasteiger partial charge < -0.3 is 10.4 Å². The molecule has 0 spiro atoms. The Labute approximate surface area is 115 Å². The maximum Gasteiger partial charge on any atom is 0.283 e. The first-order chi connectivity index (χ1) is 8.95. The van der Waals surface area contributed by atoms with Gasteiger partial charge in [0.15, 0.2) is 0 Å². The average Bonchev–Trinajstić information content (AvgIpc) is 2.36. The van der Waals surface area contributed by atoms with Crippen molar-refractivity contribution >= 4 is 23.2 Å². The van der Waals surface area contributed by atoms with Gasteiger partial charge in [0, 0.05) is 17.6 Å². The van der Waals surface area contributed by atoms with E-state index >= 15 is 0 Å². The van der Waals surface area contributed by atoms with E-state index in [2.05, 4.69) is 5.32 Å². The normalized spacial score (nSPS) is 11.9. The molecule has 0 radical (unpaired) electrons. The van der Waals surface area contributed by atoms with Crippen molar-refractivity contribution in [3.8, 4) is 0 Å². The number of nitro benzene ring substituents is 1. The predicted octanol–water partition coefficient (Wildman–Crippen LogP) is 2.14. The molecule has 0 saturated heterocycles. The monoisotopic (exact) mass is 286 g/mol. The van der Waals surface area contributed by atoms with Gasteiger partial charge in [-0.25, -0.2) is 0 Å². The predicted molar refractivity (Wildman–Crippen MR) is 71.4 cm³/mol. The molecule has 0 aromatic heterocycles. The van der Waals surface area contributed by atoms with Gasteiger partial charge >= 0.3 is 0 Å². The Morgan fingerprint density at radius 2 is 2.26 bits per heavy atom. The number of benzene rings is 1. The second-order valence-corrected chi connectivity index (χ2v) is 4.51. The van der Waals surface area contributed by atoms with E-state index in [1.165, 1.54) is 12.1 Å². The first-order valence-corrected chi connectivity index (χ1v) is 6.23. The number of hydrogen-bond donors (Lipinski definition) is 2. The lowest BCUT2D eigenvalue weighted by Gasteiger charge is -2.10. The summed E-state index contributed by atoms with van der Waals surface area (Å²) >= 11 is 5.66. The van der Waals surface area contributed by atoms with Gasteiger partial charge in [-0.1, -0.05) is 24.9 Å². The number of amides is 1. The number of halogens is 1. The lowest BCUT2D eigenvalue weighted by molar-refractivity contribution is -0.385. The summed E-state index contributed by atoms with van der Waals surface area (Å²) in [7, 11) is 0. The quantitative estimate of drug-likeness (QED) is 0.619. The van der Waals surface area contributed by atoms with Crippen LogP contribution in [-0.2, 0) is 0 Å². The van der Waals surface area contributed by atoms with Gasteiger partial charge in [-0.05, 0) is 18.6 Å². The molecular formula is C12H15ClN2O4. The van der Waals surface area contributed by atoms with Crippen LogP contribution in [0.25, 0.3) is 0 Å². The van der Waals surface area contributed by atoms with E-state index < -0.39 is 16.9 Å². The van der Waals surface area contributed by atoms with E-state index in [4.69, 9.17) is 11.6 Å². The van der Waals surface area contributed by atoms with E-state index in [1.807, 2.05) is 6.92 Å². The second-order valence-electron chi connectivity index (χ2n) is 4.07. The fourth-order valence-corrected chi connectivity index (χ4v) is 1.76. The van der Waals surface area contributed by atoms with Gasteiger partial charge in [0.1, 0.15) is 5.56 Å². The highest BCUT2D eigenvalue weighted by Gasteiger charge is 2.20. The molecule has 6 nitrogen and oxygen atoms in total. The van der Waals surface area contributed by atoms with Crippen molar-refractivity contribution in [2.24, 2.45) is 0 Å². The lowest BCUT2D eigenvalue weighted by Crippen LogP contribution is -2.32. The van der Waals surface area contributed by atoms with Crippen LogP contribution in [0.15, 0.2) is 18.2 Å². The van der Waals surface area contributed by atoms with Crippen molar-refractivity contribution in [1.29, 1.82) is 0 Å². The lowest BCUT2D eigenvalue weighted by atomic mass is 10.1. The largest absolute Gasteiger partial charge is 0.391 e. The molecule has 0 aliphatic heterocycles. The van der Waals surface area contributed by atoms with E-state index in [0.717, 1.165) is 12.5 Å². The van der Waals surface area contributed by atoms with Crippen molar-refractivity contribution < 1.29 is 14.8 Å². The number of aliphatic hydroxyl groups is 1. The van der Waals surface area contributed by atoms with E-state index in [-0.39, 0.29) is 22.8 Å². The van der Waals surface area contributed by atoms with Gasteiger partial charge in [-0.3, -0.25) is 14.9 Å². The summed E-state index contributed by atoms with van der Waals surface area (Å²) < 4.78 is 0. The molecule has 1 unspecified atom stereocenters. The average molecular weight is 287 g/mol. The van der Waals surface area contributed by atoms with Crippen LogP contribution in [-0.4, -0.2) is 28.6 Å². The highest BCUT2D eigenvalue weighted by atomic mass is 35.5. The Balaban J connectivity index is 2.79. The number of aliphatic hydroxyl groups excluding tert-OH is 1. The molecule has 0 heterocycles.